The summed E-state index contributed by atoms with van der Waals surface area (Å²) in [5.74, 6) is -14.8. The van der Waals surface area contributed by atoms with Crippen LogP contribution in [0.25, 0.3) is 0 Å². The molecule has 0 bridgehead atoms. The van der Waals surface area contributed by atoms with Crippen LogP contribution >= 0.6 is 0 Å². The molecule has 23 N–H and O–H groups in total. The summed E-state index contributed by atoms with van der Waals surface area (Å²) in [6.45, 7) is 12.3. The molecule has 13 atom stereocenters. The van der Waals surface area contributed by atoms with E-state index in [0.717, 1.165) is 4.90 Å². The van der Waals surface area contributed by atoms with Crippen LogP contribution in [0.5, 0.6) is 0 Å². The molecular weight excluding hydrogens is 1280 g/mol. The summed E-state index contributed by atoms with van der Waals surface area (Å²) in [7, 11) is 0. The van der Waals surface area contributed by atoms with Gasteiger partial charge in [0.15, 0.2) is 23.7 Å². The number of carboxylic acids is 2. The van der Waals surface area contributed by atoms with Gasteiger partial charge in [-0.15, -0.1) is 0 Å². The molecule has 0 saturated heterocycles. The molecule has 0 aromatic rings. The van der Waals surface area contributed by atoms with E-state index in [2.05, 4.69) is 63.7 Å². The standard InChI is InChI=1S/C62H106N18O18/c1-9-35(6)52(78-79-60(97)53(69-36(7)31-81)80-25-14-10-11-18-49(86)70-37(8)46(83)28-45(61(80)98)71-38(32-82)19-21-50(87)88)59(96)74-39(16-12-13-23-63)54(91)73-41(20-22-51(89)90)56(93)76-43(27-34(4)5)57(94)72-40(17-15-24-68-62(66)67)55(92)77-44(29-48(65)85)58(95)75-42(26-33(2)3)47(84)30-64/h10,14,31-45,52-53,69,71,78H,9,11-13,15-30,63-64H2,1-8H3,(H2,65,85)(H,70,86)(H,72,94)(H,73,91)(H,74,96)(H,75,95)(H,76,93)(H,77,92)(H,79,97)(H,87,88)(H,89,90)(H4,66,67,68)/b14-10+/t35-,36-,37-,38-,39-,40-,41-,42-,43-,44-,45+,52-,53+/m0/s1. The highest BCUT2D eigenvalue weighted by Crippen LogP contribution is 2.16. The summed E-state index contributed by atoms with van der Waals surface area (Å²) in [6.07, 6.45) is -1.05. The zero-order chi connectivity index (χ0) is 74.4. The van der Waals surface area contributed by atoms with Crippen LogP contribution in [0, 0.1) is 17.8 Å². The average Bonchev–Trinajstić information content (AvgIpc) is 0.951. The van der Waals surface area contributed by atoms with Gasteiger partial charge in [0.25, 0.3) is 5.91 Å². The molecule has 0 aliphatic carbocycles. The number of amides is 10. The molecule has 552 valence electrons. The molecule has 0 spiro atoms. The lowest BCUT2D eigenvalue weighted by molar-refractivity contribution is -0.145. The van der Waals surface area contributed by atoms with Gasteiger partial charge >= 0.3 is 11.9 Å². The Kier molecular flexibility index (Phi) is 41.2. The number of aldehydes is 2. The van der Waals surface area contributed by atoms with Gasteiger partial charge in [-0.25, -0.2) is 5.43 Å². The SMILES string of the molecule is CC[C@H](C)[C@H](NNC(=O)[C@H](N[C@@H](C)C=O)N1C/C=C/CCC(=O)N[C@@H](C)C(=O)C[C@@H](N[C@H](C=O)CCC(=O)O)C1=O)C(=O)N[C@@H](CCCCN)C(=O)N[C@@H](CCC(=O)O)C(=O)N[C@@H](CC(C)C)C(=O)N[C@@H](CCCN=C(N)N)C(=O)N[C@@H](CC(N)=O)C(=O)N[C@@H](CC(C)C)C(=O)CN. The lowest BCUT2D eigenvalue weighted by Gasteiger charge is -2.35. The number of carboxylic acid groups (broad SMARTS) is 2. The highest BCUT2D eigenvalue weighted by molar-refractivity contribution is 6.00. The molecule has 0 radical (unpaired) electrons. The predicted octanol–water partition coefficient (Wildman–Crippen LogP) is -4.99. The fourth-order valence-corrected chi connectivity index (χ4v) is 9.97. The van der Waals surface area contributed by atoms with E-state index in [1.54, 1.807) is 41.5 Å². The fourth-order valence-electron chi connectivity index (χ4n) is 9.97. The van der Waals surface area contributed by atoms with Gasteiger partial charge in [0.1, 0.15) is 48.8 Å². The highest BCUT2D eigenvalue weighted by atomic mass is 16.4. The summed E-state index contributed by atoms with van der Waals surface area (Å²) in [6, 6.07) is -15.7. The maximum atomic E-state index is 14.8. The first-order chi connectivity index (χ1) is 46.1. The van der Waals surface area contributed by atoms with Crippen molar-refractivity contribution in [2.75, 3.05) is 26.2 Å². The second kappa shape index (κ2) is 46.4. The molecular formula is C62H106N18O18. The third kappa shape index (κ3) is 33.9. The Hall–Kier alpha value is -8.87. The van der Waals surface area contributed by atoms with Gasteiger partial charge in [-0.3, -0.25) is 88.2 Å². The number of aliphatic carboxylic acids is 2. The quantitative estimate of drug-likeness (QED) is 0.00678. The number of nitrogens with one attached hydrogen (secondary N) is 11. The van der Waals surface area contributed by atoms with Gasteiger partial charge in [-0.1, -0.05) is 60.1 Å². The van der Waals surface area contributed by atoms with Crippen molar-refractivity contribution in [2.24, 2.45) is 51.4 Å². The molecule has 1 aliphatic heterocycles. The maximum Gasteiger partial charge on any atom is 0.303 e. The number of allylic oxidation sites excluding steroid dienone is 1. The normalized spacial score (nSPS) is 18.2. The van der Waals surface area contributed by atoms with Crippen molar-refractivity contribution < 1.29 is 86.9 Å². The molecule has 0 aromatic carbocycles. The van der Waals surface area contributed by atoms with Crippen LogP contribution in [0.2, 0.25) is 0 Å². The van der Waals surface area contributed by atoms with Gasteiger partial charge < -0.3 is 90.6 Å². The number of hydrogen-bond donors (Lipinski definition) is 18. The minimum absolute atomic E-state index is 0.0407. The lowest BCUT2D eigenvalue weighted by Crippen LogP contribution is -2.66. The Morgan fingerprint density at radius 1 is 0.663 bits per heavy atom. The molecule has 0 unspecified atom stereocenters. The zero-order valence-electron chi connectivity index (χ0n) is 57.3. The highest BCUT2D eigenvalue weighted by Gasteiger charge is 2.40. The largest absolute Gasteiger partial charge is 0.481 e. The van der Waals surface area contributed by atoms with E-state index in [4.69, 9.17) is 28.7 Å². The van der Waals surface area contributed by atoms with E-state index in [-0.39, 0.29) is 95.1 Å². The Labute approximate surface area is 570 Å². The monoisotopic (exact) mass is 1390 g/mol. The minimum Gasteiger partial charge on any atom is -0.481 e. The second-order valence-corrected chi connectivity index (χ2v) is 25.0. The van der Waals surface area contributed by atoms with E-state index in [0.29, 0.717) is 19.0 Å². The van der Waals surface area contributed by atoms with Crippen LogP contribution in [0.15, 0.2) is 17.1 Å². The van der Waals surface area contributed by atoms with Gasteiger partial charge in [0.05, 0.1) is 43.2 Å². The third-order valence-corrected chi connectivity index (χ3v) is 15.6. The number of rotatable bonds is 46. The summed E-state index contributed by atoms with van der Waals surface area (Å²) in [4.78, 5) is 219. The van der Waals surface area contributed by atoms with Crippen LogP contribution in [-0.2, 0) is 76.7 Å². The van der Waals surface area contributed by atoms with Crippen LogP contribution in [0.1, 0.15) is 158 Å². The molecule has 10 amide bonds. The van der Waals surface area contributed by atoms with E-state index in [9.17, 15) is 86.9 Å². The smallest absolute Gasteiger partial charge is 0.303 e. The molecule has 1 heterocycles. The van der Waals surface area contributed by atoms with Crippen molar-refractivity contribution in [1.29, 1.82) is 0 Å². The van der Waals surface area contributed by atoms with E-state index in [1.165, 1.54) is 26.0 Å². The number of carbonyl (C=O) groups excluding carboxylic acids is 14. The number of unbranched alkanes of at least 4 members (excludes halogenated alkanes) is 1. The molecule has 0 saturated carbocycles. The first-order valence-electron chi connectivity index (χ1n) is 32.9. The van der Waals surface area contributed by atoms with E-state index in [1.807, 2.05) is 0 Å². The van der Waals surface area contributed by atoms with Crippen molar-refractivity contribution in [3.8, 4) is 0 Å². The Balaban J connectivity index is 3.83. The van der Waals surface area contributed by atoms with Crippen LogP contribution in [0.3, 0.4) is 0 Å². The number of Topliss-reactive ketones (excluding diaryl/α,β-unsaturated/α-hetero) is 2. The summed E-state index contributed by atoms with van der Waals surface area (Å²) < 4.78 is 0. The first-order valence-corrected chi connectivity index (χ1v) is 32.9. The number of guanidine groups is 1. The summed E-state index contributed by atoms with van der Waals surface area (Å²) in [5.41, 5.74) is 33.0. The van der Waals surface area contributed by atoms with Gasteiger partial charge in [-0.05, 0) is 102 Å². The number of carbonyl (C=O) groups is 16. The average molecular weight is 1390 g/mol. The van der Waals surface area contributed by atoms with Crippen LogP contribution < -0.4 is 87.4 Å². The molecule has 0 fully saturated rings. The van der Waals surface area contributed by atoms with Crippen molar-refractivity contribution in [1.82, 2.24) is 63.6 Å². The number of hydrogen-bond acceptors (Lipinski definition) is 22. The topological polar surface area (TPSA) is 592 Å². The predicted molar refractivity (Wildman–Crippen MR) is 356 cm³/mol. The molecule has 0 aromatic heterocycles. The van der Waals surface area contributed by atoms with Gasteiger partial charge in [0.2, 0.25) is 53.2 Å². The molecule has 36 heteroatoms. The van der Waals surface area contributed by atoms with E-state index < -0.39 is 206 Å². The third-order valence-electron chi connectivity index (χ3n) is 15.6. The molecule has 98 heavy (non-hydrogen) atoms. The second-order valence-electron chi connectivity index (χ2n) is 25.0. The van der Waals surface area contributed by atoms with Crippen molar-refractivity contribution in [3.05, 3.63) is 12.2 Å². The first kappa shape index (κ1) is 87.1. The number of nitrogens with two attached hydrogens (primary N) is 5. The Morgan fingerprint density at radius 2 is 1.18 bits per heavy atom. The number of ketones is 2. The Bertz CT molecular complexity index is 2780. The number of aliphatic imine (C=N–C) groups is 1. The van der Waals surface area contributed by atoms with Gasteiger partial charge in [0, 0.05) is 38.8 Å². The van der Waals surface area contributed by atoms with E-state index >= 15 is 0 Å². The molecule has 36 nitrogen and oxygen atoms in total. The van der Waals surface area contributed by atoms with Crippen molar-refractivity contribution in [2.45, 2.75) is 231 Å². The van der Waals surface area contributed by atoms with Crippen LogP contribution in [-0.4, -0.2) is 215 Å². The van der Waals surface area contributed by atoms with Crippen LogP contribution in [0.4, 0.5) is 0 Å². The Morgan fingerprint density at radius 3 is 1.71 bits per heavy atom. The fraction of sp³-hybridized carbons (Fsp3) is 0.694. The lowest BCUT2D eigenvalue weighted by atomic mass is 9.98. The number of nitrogens with zero attached hydrogens (tertiary/aromatic N) is 2. The minimum atomic E-state index is -1.81. The number of hydrazine groups is 1. The summed E-state index contributed by atoms with van der Waals surface area (Å²) >= 11 is 0. The maximum absolute atomic E-state index is 14.8. The molecule has 1 aliphatic rings. The van der Waals surface area contributed by atoms with Crippen molar-refractivity contribution >= 4 is 101 Å². The van der Waals surface area contributed by atoms with Crippen molar-refractivity contribution in [3.63, 3.8) is 0 Å². The zero-order valence-corrected chi connectivity index (χ0v) is 57.3. The molecule has 1 rings (SSSR count). The number of primary amides is 1. The summed E-state index contributed by atoms with van der Waals surface area (Å²) in [5, 5.41) is 42.4. The van der Waals surface area contributed by atoms with Gasteiger partial charge in [-0.2, -0.15) is 0 Å².